The fraction of sp³-hybridized carbons (Fsp3) is 0.250. The van der Waals surface area contributed by atoms with Crippen LogP contribution in [-0.2, 0) is 17.1 Å². The Morgan fingerprint density at radius 2 is 0.657 bits per heavy atom. The highest BCUT2D eigenvalue weighted by Crippen LogP contribution is 2.26. The summed E-state index contributed by atoms with van der Waals surface area (Å²) in [6.07, 6.45) is 0. The molecule has 6 rings (SSSR count). The molecule has 0 heterocycles. The van der Waals surface area contributed by atoms with Crippen LogP contribution in [0.3, 0.4) is 0 Å². The smallest absolute Gasteiger partial charge is 0.503 e. The van der Waals surface area contributed by atoms with Crippen LogP contribution in [0.25, 0.3) is 0 Å². The summed E-state index contributed by atoms with van der Waals surface area (Å²) in [5.74, 6) is 5.76. The predicted octanol–water partition coefficient (Wildman–Crippen LogP) is 9.88. The maximum Gasteiger partial charge on any atom is 0.562 e. The molecule has 0 aliphatic heterocycles. The van der Waals surface area contributed by atoms with Gasteiger partial charge in [0.25, 0.3) is 0 Å². The van der Waals surface area contributed by atoms with Crippen LogP contribution in [0.5, 0.6) is 46.0 Å². The first-order chi connectivity index (χ1) is 31.0. The fourth-order valence-electron chi connectivity index (χ4n) is 5.03. The molecule has 0 atom stereocenters. The van der Waals surface area contributed by atoms with Gasteiger partial charge in [0.05, 0.1) is 0 Å². The second-order valence-electron chi connectivity index (χ2n) is 17.5. The van der Waals surface area contributed by atoms with E-state index < -0.39 is 52.6 Å². The first-order valence-corrected chi connectivity index (χ1v) is 36.9. The third kappa shape index (κ3) is 26.4. The summed E-state index contributed by atoms with van der Waals surface area (Å²) in [5.41, 5.74) is 0. The summed E-state index contributed by atoms with van der Waals surface area (Å²) in [6.45, 7) is 20.8. The van der Waals surface area contributed by atoms with Crippen LogP contribution >= 0.6 is 0 Å². The summed E-state index contributed by atoms with van der Waals surface area (Å²) in [6, 6.07) is 51.1. The van der Waals surface area contributed by atoms with Gasteiger partial charge in [0, 0.05) is 20.8 Å². The van der Waals surface area contributed by atoms with E-state index in [2.05, 4.69) is 51.4 Å². The zero-order valence-electron chi connectivity index (χ0n) is 40.8. The van der Waals surface area contributed by atoms with Crippen LogP contribution in [0.15, 0.2) is 164 Å². The Morgan fingerprint density at radius 3 is 0.940 bits per heavy atom. The van der Waals surface area contributed by atoms with E-state index in [1.807, 2.05) is 154 Å². The van der Waals surface area contributed by atoms with Crippen molar-refractivity contribution in [2.45, 2.75) is 65.5 Å². The molecule has 0 aliphatic rings. The van der Waals surface area contributed by atoms with Crippen molar-refractivity contribution in [3.05, 3.63) is 164 Å². The van der Waals surface area contributed by atoms with E-state index in [9.17, 15) is 0 Å². The van der Waals surface area contributed by atoms with Gasteiger partial charge in [0.2, 0.25) is 0 Å². The quantitative estimate of drug-likeness (QED) is 0.0739. The molecule has 0 fully saturated rings. The van der Waals surface area contributed by atoms with Crippen LogP contribution in [0.4, 0.5) is 0 Å². The molecule has 0 aliphatic carbocycles. The maximum atomic E-state index is 8.75. The second-order valence-corrected chi connectivity index (χ2v) is 37.2. The van der Waals surface area contributed by atoms with Crippen molar-refractivity contribution in [1.82, 2.24) is 0 Å². The molecule has 5 N–H and O–H groups in total. The van der Waals surface area contributed by atoms with Crippen molar-refractivity contribution >= 4 is 57.8 Å². The number of hydrogen-bond acceptors (Lipinski definition) is 12. The molecule has 0 unspecified atom stereocenters. The van der Waals surface area contributed by atoms with Gasteiger partial charge in [-0.2, -0.15) is 0 Å². The molecule has 67 heavy (non-hydrogen) atoms. The topological polar surface area (TPSA) is 175 Å². The molecule has 0 aromatic heterocycles. The summed E-state index contributed by atoms with van der Waals surface area (Å²) in [7, 11) is -9.21. The highest BCUT2D eigenvalue weighted by atomic mass is 28.4. The van der Waals surface area contributed by atoms with E-state index >= 15 is 0 Å². The van der Waals surface area contributed by atoms with Crippen LogP contribution in [0.2, 0.25) is 65.5 Å². The maximum absolute atomic E-state index is 8.75. The highest BCUT2D eigenvalue weighted by Gasteiger charge is 2.34. The highest BCUT2D eigenvalue weighted by molar-refractivity contribution is 6.85. The largest absolute Gasteiger partial charge is 0.562 e. The van der Waals surface area contributed by atoms with Crippen molar-refractivity contribution < 1.29 is 60.0 Å². The number of hydrogen-bond donors (Lipinski definition) is 3. The van der Waals surface area contributed by atoms with E-state index in [0.29, 0.717) is 17.2 Å². The molecule has 364 valence electrons. The minimum absolute atomic E-state index is 0. The number of rotatable bonds is 17. The zero-order valence-corrected chi connectivity index (χ0v) is 47.1. The Hall–Kier alpha value is -4.70. The lowest BCUT2D eigenvalue weighted by Crippen LogP contribution is -2.49. The lowest BCUT2D eigenvalue weighted by Gasteiger charge is -2.30. The van der Waals surface area contributed by atoms with Gasteiger partial charge in [-0.1, -0.05) is 66.7 Å². The Labute approximate surface area is 405 Å². The van der Waals surface area contributed by atoms with Crippen LogP contribution in [0.1, 0.15) is 0 Å². The van der Waals surface area contributed by atoms with Gasteiger partial charge in [0.15, 0.2) is 25.0 Å². The Kier molecular flexibility index (Phi) is 24.9. The van der Waals surface area contributed by atoms with Crippen molar-refractivity contribution in [2.75, 3.05) is 14.2 Å². The lowest BCUT2D eigenvalue weighted by atomic mass is 10.3. The molecular formula is C48H70O13Si6. The lowest BCUT2D eigenvalue weighted by molar-refractivity contribution is 0.169. The molecule has 0 bridgehead atoms. The Balaban J connectivity index is 0.000000329. The van der Waals surface area contributed by atoms with Gasteiger partial charge < -0.3 is 60.0 Å². The monoisotopic (exact) mass is 1020 g/mol. The molecule has 19 heteroatoms. The van der Waals surface area contributed by atoms with Gasteiger partial charge in [-0.15, -0.1) is 0 Å². The standard InChI is InChI=1S/C18H28O3Si3.C15H18O4Si.C12H12O4Si.C3H10OSi.H2O/c1-23(2,3)20-22(21-24(4,5)6)18-14-12-17(13-15-18)19-16-10-8-7-9-11-16;1-16-20(3,17-2)19-15-11-9-14(10-12-15)18-13-7-5-4-6-8-13;13-17(14)16-12-8-6-11(7-9-12)15-10-4-2-1-3-5-10;1-5(2,3)4;/h7-15,22H,1-6H3;4-12H,1-3H3;1-9,13-14,17H;4H,1-3H3;1H2. The Bertz CT molecular complexity index is 2180. The average molecular weight is 1020 g/mol. The molecule has 0 amide bonds. The SMILES string of the molecule is CO[Si](C)(OC)Oc1ccc(Oc2ccccc2)cc1.C[Si](C)(C)O.C[Si](C)(C)O[SiH](O[Si](C)(C)C)c1ccc(Oc2ccccc2)cc1.O.O[SiH](O)Oc1ccc(Oc2ccccc2)cc1. The fourth-order valence-corrected chi connectivity index (χ4v) is 13.7. The van der Waals surface area contributed by atoms with Crippen molar-refractivity contribution in [3.63, 3.8) is 0 Å². The van der Waals surface area contributed by atoms with E-state index in [1.165, 1.54) is 5.19 Å². The van der Waals surface area contributed by atoms with Crippen LogP contribution in [0, 0.1) is 0 Å². The molecule has 6 aromatic carbocycles. The van der Waals surface area contributed by atoms with Crippen LogP contribution < -0.4 is 28.2 Å². The Morgan fingerprint density at radius 1 is 0.388 bits per heavy atom. The van der Waals surface area contributed by atoms with Crippen molar-refractivity contribution in [1.29, 1.82) is 0 Å². The van der Waals surface area contributed by atoms with Gasteiger partial charge >= 0.3 is 27.6 Å². The van der Waals surface area contributed by atoms with Crippen molar-refractivity contribution in [2.24, 2.45) is 0 Å². The van der Waals surface area contributed by atoms with Gasteiger partial charge in [0.1, 0.15) is 46.0 Å². The molecular weight excluding hydrogens is 953 g/mol. The predicted molar refractivity (Wildman–Crippen MR) is 282 cm³/mol. The number of ether oxygens (including phenoxy) is 3. The minimum Gasteiger partial charge on any atom is -0.503 e. The first-order valence-electron chi connectivity index (χ1n) is 21.4. The molecule has 6 aromatic rings. The molecule has 0 radical (unpaired) electrons. The van der Waals surface area contributed by atoms with Gasteiger partial charge in [-0.3, -0.25) is 0 Å². The summed E-state index contributed by atoms with van der Waals surface area (Å²) < 4.78 is 51.1. The average Bonchev–Trinajstić information content (AvgIpc) is 3.25. The first kappa shape index (κ1) is 58.4. The van der Waals surface area contributed by atoms with Gasteiger partial charge in [-0.25, -0.2) is 0 Å². The molecule has 0 saturated carbocycles. The van der Waals surface area contributed by atoms with E-state index in [1.54, 1.807) is 38.5 Å². The molecule has 13 nitrogen and oxygen atoms in total. The van der Waals surface area contributed by atoms with Crippen LogP contribution in [-0.4, -0.2) is 86.7 Å². The zero-order chi connectivity index (χ0) is 48.8. The molecule has 0 spiro atoms. The van der Waals surface area contributed by atoms with Crippen molar-refractivity contribution in [3.8, 4) is 46.0 Å². The second kappa shape index (κ2) is 28.6. The molecule has 0 saturated heterocycles. The van der Waals surface area contributed by atoms with Gasteiger partial charge in [-0.05, 0) is 161 Å². The summed E-state index contributed by atoms with van der Waals surface area (Å²) in [5, 5.41) is 1.18. The normalized spacial score (nSPS) is 11.3. The summed E-state index contributed by atoms with van der Waals surface area (Å²) in [4.78, 5) is 26.2. The number of benzene rings is 6. The van der Waals surface area contributed by atoms with E-state index in [-0.39, 0.29) is 5.48 Å². The van der Waals surface area contributed by atoms with E-state index in [0.717, 1.165) is 28.7 Å². The number of para-hydroxylation sites is 3. The third-order valence-corrected chi connectivity index (χ3v) is 18.8. The van der Waals surface area contributed by atoms with E-state index in [4.69, 9.17) is 54.5 Å². The minimum atomic E-state index is -3.02. The third-order valence-electron chi connectivity index (χ3n) is 7.94. The summed E-state index contributed by atoms with van der Waals surface area (Å²) >= 11 is 0.